The van der Waals surface area contributed by atoms with Crippen LogP contribution in [-0.4, -0.2) is 10.9 Å². The van der Waals surface area contributed by atoms with Gasteiger partial charge in [0.05, 0.1) is 4.92 Å². The Morgan fingerprint density at radius 2 is 1.80 bits per heavy atom. The molecule has 15 heavy (non-hydrogen) atoms. The minimum Gasteiger partial charge on any atom is -0.550 e. The molecule has 0 amide bonds. The molecule has 5 nitrogen and oxygen atoms in total. The average molecular weight is 217 g/mol. The van der Waals surface area contributed by atoms with E-state index >= 15 is 0 Å². The summed E-state index contributed by atoms with van der Waals surface area (Å²) in [5, 5.41) is 20.4. The molecule has 0 spiro atoms. The summed E-state index contributed by atoms with van der Waals surface area (Å²) in [7, 11) is 0. The minimum atomic E-state index is -1.12. The van der Waals surface area contributed by atoms with E-state index in [1.165, 1.54) is 12.1 Å². The monoisotopic (exact) mass is 217 g/mol. The zero-order valence-electron chi connectivity index (χ0n) is 8.30. The molecule has 0 atom stereocenters. The average Bonchev–Trinajstić information content (AvgIpc) is 2.15. The van der Waals surface area contributed by atoms with Crippen molar-refractivity contribution in [3.8, 4) is 0 Å². The number of hydrogen-bond donors (Lipinski definition) is 0. The molecular weight excluding hydrogens is 209 g/mol. The summed E-state index contributed by atoms with van der Waals surface area (Å²) in [6, 6.07) is 5.79. The van der Waals surface area contributed by atoms with Gasteiger partial charge in [0, 0.05) is 18.1 Å². The number of carboxylic acids is 1. The van der Waals surface area contributed by atoms with E-state index in [4.69, 9.17) is 0 Å². The van der Waals surface area contributed by atoms with E-state index in [-0.39, 0.29) is 41.7 Å². The van der Waals surface area contributed by atoms with Gasteiger partial charge >= 0.3 is 29.6 Å². The Hall–Kier alpha value is -0.910. The van der Waals surface area contributed by atoms with E-state index in [2.05, 4.69) is 0 Å². The summed E-state index contributed by atoms with van der Waals surface area (Å²) < 4.78 is 0. The standard InChI is InChI=1S/C9H9NO4.Na/c11-9(12)6-3-7-1-4-8(5-2-7)10(13)14;/h1-2,4-5H,3,6H2,(H,11,12);/q;+1/p-1. The van der Waals surface area contributed by atoms with Crippen molar-refractivity contribution >= 4 is 11.7 Å². The number of carbonyl (C=O) groups excluding carboxylic acids is 1. The molecule has 0 aliphatic carbocycles. The SMILES string of the molecule is O=C([O-])CCc1ccc([N+](=O)[O-])cc1.[Na+]. The molecule has 0 heterocycles. The Bertz CT molecular complexity index is 350. The Morgan fingerprint density at radius 1 is 1.27 bits per heavy atom. The van der Waals surface area contributed by atoms with Gasteiger partial charge in [0.1, 0.15) is 0 Å². The summed E-state index contributed by atoms with van der Waals surface area (Å²) in [6.07, 6.45) is 0.262. The maximum absolute atomic E-state index is 10.3. The van der Waals surface area contributed by atoms with Crippen LogP contribution in [0.2, 0.25) is 0 Å². The number of benzene rings is 1. The van der Waals surface area contributed by atoms with Gasteiger partial charge < -0.3 is 9.90 Å². The van der Waals surface area contributed by atoms with Crippen molar-refractivity contribution in [3.63, 3.8) is 0 Å². The zero-order chi connectivity index (χ0) is 10.6. The Kier molecular flexibility index (Phi) is 6.15. The second-order valence-electron chi connectivity index (χ2n) is 2.80. The van der Waals surface area contributed by atoms with Gasteiger partial charge in [0.15, 0.2) is 0 Å². The van der Waals surface area contributed by atoms with Crippen molar-refractivity contribution in [2.45, 2.75) is 12.8 Å². The molecule has 0 aliphatic heterocycles. The Labute approximate surface area is 109 Å². The largest absolute Gasteiger partial charge is 1.00 e. The fourth-order valence-electron chi connectivity index (χ4n) is 1.03. The first-order valence-corrected chi connectivity index (χ1v) is 4.03. The van der Waals surface area contributed by atoms with Gasteiger partial charge in [0.25, 0.3) is 5.69 Å². The van der Waals surface area contributed by atoms with Crippen LogP contribution in [0.15, 0.2) is 24.3 Å². The van der Waals surface area contributed by atoms with Gasteiger partial charge in [-0.25, -0.2) is 0 Å². The number of aliphatic carboxylic acids is 1. The predicted octanol–water partition coefficient (Wildman–Crippen LogP) is -2.72. The number of nitrogens with zero attached hydrogens (tertiary/aromatic N) is 1. The van der Waals surface area contributed by atoms with Crippen molar-refractivity contribution in [2.24, 2.45) is 0 Å². The van der Waals surface area contributed by atoms with Crippen molar-refractivity contribution < 1.29 is 44.4 Å². The third-order valence-electron chi connectivity index (χ3n) is 1.76. The van der Waals surface area contributed by atoms with Crippen molar-refractivity contribution in [3.05, 3.63) is 39.9 Å². The molecule has 0 N–H and O–H groups in total. The van der Waals surface area contributed by atoms with Gasteiger partial charge in [-0.1, -0.05) is 12.1 Å². The Balaban J connectivity index is 0.00000196. The van der Waals surface area contributed by atoms with Crippen molar-refractivity contribution in [2.75, 3.05) is 0 Å². The number of carbonyl (C=O) groups is 1. The van der Waals surface area contributed by atoms with Gasteiger partial charge in [-0.05, 0) is 18.4 Å². The van der Waals surface area contributed by atoms with Crippen LogP contribution in [0.5, 0.6) is 0 Å². The van der Waals surface area contributed by atoms with Crippen LogP contribution in [0.25, 0.3) is 0 Å². The van der Waals surface area contributed by atoms with Crippen molar-refractivity contribution in [1.82, 2.24) is 0 Å². The summed E-state index contributed by atoms with van der Waals surface area (Å²) in [5.41, 5.74) is 0.752. The third kappa shape index (κ3) is 4.92. The number of carboxylic acid groups (broad SMARTS) is 1. The van der Waals surface area contributed by atoms with Crippen LogP contribution in [-0.2, 0) is 11.2 Å². The van der Waals surface area contributed by atoms with Crippen LogP contribution in [0.4, 0.5) is 5.69 Å². The molecule has 1 rings (SSSR count). The molecule has 0 saturated heterocycles. The van der Waals surface area contributed by atoms with Gasteiger partial charge in [-0.3, -0.25) is 10.1 Å². The molecule has 0 fully saturated rings. The zero-order valence-corrected chi connectivity index (χ0v) is 10.3. The molecule has 0 bridgehead atoms. The van der Waals surface area contributed by atoms with Gasteiger partial charge in [-0.15, -0.1) is 0 Å². The molecule has 0 aromatic heterocycles. The number of non-ortho nitro benzene ring substituents is 1. The second kappa shape index (κ2) is 6.55. The first-order chi connectivity index (χ1) is 6.59. The normalized spacial score (nSPS) is 9.07. The number of rotatable bonds is 4. The quantitative estimate of drug-likeness (QED) is 0.311. The van der Waals surface area contributed by atoms with E-state index in [1.54, 1.807) is 12.1 Å². The topological polar surface area (TPSA) is 83.3 Å². The summed E-state index contributed by atoms with van der Waals surface area (Å²) in [4.78, 5) is 19.9. The number of hydrogen-bond acceptors (Lipinski definition) is 4. The molecule has 0 aliphatic rings. The van der Waals surface area contributed by atoms with Crippen LogP contribution in [0.1, 0.15) is 12.0 Å². The molecule has 0 unspecified atom stereocenters. The van der Waals surface area contributed by atoms with E-state index in [0.29, 0.717) is 6.42 Å². The van der Waals surface area contributed by atoms with Crippen LogP contribution < -0.4 is 34.7 Å². The first kappa shape index (κ1) is 14.1. The smallest absolute Gasteiger partial charge is 0.550 e. The molecule has 0 saturated carbocycles. The van der Waals surface area contributed by atoms with Crippen LogP contribution >= 0.6 is 0 Å². The number of aryl methyl sites for hydroxylation is 1. The van der Waals surface area contributed by atoms with Crippen LogP contribution in [0, 0.1) is 10.1 Å². The second-order valence-corrected chi connectivity index (χ2v) is 2.80. The molecule has 1 aromatic rings. The van der Waals surface area contributed by atoms with Gasteiger partial charge in [0.2, 0.25) is 0 Å². The van der Waals surface area contributed by atoms with E-state index in [0.717, 1.165) is 5.56 Å². The van der Waals surface area contributed by atoms with E-state index in [9.17, 15) is 20.0 Å². The first-order valence-electron chi connectivity index (χ1n) is 4.03. The number of nitro groups is 1. The van der Waals surface area contributed by atoms with E-state index < -0.39 is 10.9 Å². The summed E-state index contributed by atoms with van der Waals surface area (Å²) >= 11 is 0. The maximum atomic E-state index is 10.3. The number of nitro benzene ring substituents is 1. The molecular formula is C9H8NNaO4. The summed E-state index contributed by atoms with van der Waals surface area (Å²) in [5.74, 6) is -1.12. The van der Waals surface area contributed by atoms with Crippen LogP contribution in [0.3, 0.4) is 0 Å². The molecule has 1 aromatic carbocycles. The summed E-state index contributed by atoms with van der Waals surface area (Å²) in [6.45, 7) is 0. The fraction of sp³-hybridized carbons (Fsp3) is 0.222. The third-order valence-corrected chi connectivity index (χ3v) is 1.76. The molecule has 74 valence electrons. The molecule has 6 heteroatoms. The predicted molar refractivity (Wildman–Crippen MR) is 46.4 cm³/mol. The molecule has 0 radical (unpaired) electrons. The van der Waals surface area contributed by atoms with E-state index in [1.807, 2.05) is 0 Å². The van der Waals surface area contributed by atoms with Crippen molar-refractivity contribution in [1.29, 1.82) is 0 Å². The Morgan fingerprint density at radius 3 is 2.20 bits per heavy atom. The van der Waals surface area contributed by atoms with Gasteiger partial charge in [-0.2, -0.15) is 0 Å². The minimum absolute atomic E-state index is 0. The maximum Gasteiger partial charge on any atom is 1.00 e. The fourth-order valence-corrected chi connectivity index (χ4v) is 1.03.